The fourth-order valence-corrected chi connectivity index (χ4v) is 3.19. The Morgan fingerprint density at radius 2 is 1.88 bits per heavy atom. The lowest BCUT2D eigenvalue weighted by molar-refractivity contribution is -0.136. The van der Waals surface area contributed by atoms with E-state index < -0.39 is 0 Å². The number of hydrogen-bond acceptors (Lipinski definition) is 1. The first kappa shape index (κ1) is 13.5. The standard InChI is InChI=1S/C12H21NO.C2H6/c1-3-13-11-6-4-5-10(11)8-7-9(2)12(13)14;1-2/h9-11H,3-8H2,1-2H3;1-2H3. The summed E-state index contributed by atoms with van der Waals surface area (Å²) in [4.78, 5) is 14.2. The molecule has 0 radical (unpaired) electrons. The molecule has 16 heavy (non-hydrogen) atoms. The monoisotopic (exact) mass is 225 g/mol. The van der Waals surface area contributed by atoms with Crippen LogP contribution in [-0.2, 0) is 4.79 Å². The number of carbonyl (C=O) groups is 1. The minimum absolute atomic E-state index is 0.264. The molecule has 1 aliphatic heterocycles. The van der Waals surface area contributed by atoms with E-state index in [0.717, 1.165) is 18.9 Å². The molecule has 0 spiro atoms. The van der Waals surface area contributed by atoms with Gasteiger partial charge in [0.05, 0.1) is 0 Å². The highest BCUT2D eigenvalue weighted by Gasteiger charge is 2.38. The van der Waals surface area contributed by atoms with Crippen molar-refractivity contribution in [3.05, 3.63) is 0 Å². The van der Waals surface area contributed by atoms with Gasteiger partial charge < -0.3 is 4.90 Å². The lowest BCUT2D eigenvalue weighted by atomic mass is 9.96. The highest BCUT2D eigenvalue weighted by Crippen LogP contribution is 2.37. The van der Waals surface area contributed by atoms with E-state index in [1.165, 1.54) is 25.7 Å². The van der Waals surface area contributed by atoms with Crippen molar-refractivity contribution in [2.45, 2.75) is 65.8 Å². The van der Waals surface area contributed by atoms with Crippen LogP contribution in [0.2, 0.25) is 0 Å². The summed E-state index contributed by atoms with van der Waals surface area (Å²) in [6, 6.07) is 0.581. The molecule has 94 valence electrons. The van der Waals surface area contributed by atoms with Crippen LogP contribution in [0.3, 0.4) is 0 Å². The molecule has 3 unspecified atom stereocenters. The molecule has 0 aromatic heterocycles. The maximum Gasteiger partial charge on any atom is 0.225 e. The summed E-state index contributed by atoms with van der Waals surface area (Å²) >= 11 is 0. The minimum Gasteiger partial charge on any atom is -0.339 e. The molecule has 1 saturated heterocycles. The Bertz CT molecular complexity index is 227. The Hall–Kier alpha value is -0.530. The smallest absolute Gasteiger partial charge is 0.225 e. The van der Waals surface area contributed by atoms with Crippen molar-refractivity contribution < 1.29 is 4.79 Å². The highest BCUT2D eigenvalue weighted by molar-refractivity contribution is 5.79. The predicted octanol–water partition coefficient (Wildman–Crippen LogP) is 3.46. The third kappa shape index (κ3) is 2.58. The number of hydrogen-bond donors (Lipinski definition) is 0. The van der Waals surface area contributed by atoms with Crippen molar-refractivity contribution in [3.8, 4) is 0 Å². The minimum atomic E-state index is 0.264. The Kier molecular flexibility index (Phi) is 5.30. The number of fused-ring (bicyclic) bond motifs is 1. The predicted molar refractivity (Wildman–Crippen MR) is 68.3 cm³/mol. The van der Waals surface area contributed by atoms with Crippen molar-refractivity contribution in [2.75, 3.05) is 6.54 Å². The van der Waals surface area contributed by atoms with Gasteiger partial charge in [0.2, 0.25) is 5.91 Å². The second-order valence-corrected chi connectivity index (χ2v) is 4.86. The van der Waals surface area contributed by atoms with Crippen LogP contribution in [0.25, 0.3) is 0 Å². The van der Waals surface area contributed by atoms with Crippen LogP contribution in [0, 0.1) is 11.8 Å². The van der Waals surface area contributed by atoms with Crippen LogP contribution in [0.1, 0.15) is 59.8 Å². The molecule has 1 saturated carbocycles. The molecule has 0 bridgehead atoms. The van der Waals surface area contributed by atoms with Crippen LogP contribution >= 0.6 is 0 Å². The van der Waals surface area contributed by atoms with Crippen molar-refractivity contribution in [3.63, 3.8) is 0 Å². The maximum atomic E-state index is 12.0. The molecule has 1 amide bonds. The molecule has 2 fully saturated rings. The molecule has 2 nitrogen and oxygen atoms in total. The second-order valence-electron chi connectivity index (χ2n) is 4.86. The summed E-state index contributed by atoms with van der Waals surface area (Å²) in [6.07, 6.45) is 6.30. The van der Waals surface area contributed by atoms with E-state index in [0.29, 0.717) is 11.9 Å². The summed E-state index contributed by atoms with van der Waals surface area (Å²) in [7, 11) is 0. The van der Waals surface area contributed by atoms with Crippen LogP contribution < -0.4 is 0 Å². The Morgan fingerprint density at radius 3 is 2.50 bits per heavy atom. The van der Waals surface area contributed by atoms with E-state index in [1.54, 1.807) is 0 Å². The normalized spacial score (nSPS) is 33.9. The third-order valence-corrected chi connectivity index (χ3v) is 4.04. The average Bonchev–Trinajstić information content (AvgIpc) is 2.74. The van der Waals surface area contributed by atoms with Gasteiger partial charge >= 0.3 is 0 Å². The Morgan fingerprint density at radius 1 is 1.19 bits per heavy atom. The van der Waals surface area contributed by atoms with Gasteiger partial charge in [0.25, 0.3) is 0 Å². The van der Waals surface area contributed by atoms with Gasteiger partial charge in [-0.05, 0) is 38.5 Å². The number of carbonyl (C=O) groups excluding carboxylic acids is 1. The van der Waals surface area contributed by atoms with Crippen LogP contribution in [-0.4, -0.2) is 23.4 Å². The molecule has 2 rings (SSSR count). The topological polar surface area (TPSA) is 20.3 Å². The molecule has 0 aromatic carbocycles. The van der Waals surface area contributed by atoms with Gasteiger partial charge in [0.15, 0.2) is 0 Å². The molecular formula is C14H27NO. The van der Waals surface area contributed by atoms with Gasteiger partial charge in [-0.15, -0.1) is 0 Å². The molecule has 0 aromatic rings. The van der Waals surface area contributed by atoms with Gasteiger partial charge in [-0.2, -0.15) is 0 Å². The summed E-state index contributed by atoms with van der Waals surface area (Å²) in [5.74, 6) is 1.48. The largest absolute Gasteiger partial charge is 0.339 e. The molecule has 3 atom stereocenters. The molecule has 2 aliphatic rings. The van der Waals surface area contributed by atoms with Crippen LogP contribution in [0.4, 0.5) is 0 Å². The van der Waals surface area contributed by atoms with Gasteiger partial charge in [0, 0.05) is 18.5 Å². The zero-order chi connectivity index (χ0) is 12.1. The lowest BCUT2D eigenvalue weighted by Gasteiger charge is -2.30. The van der Waals surface area contributed by atoms with Crippen molar-refractivity contribution in [2.24, 2.45) is 11.8 Å². The van der Waals surface area contributed by atoms with E-state index >= 15 is 0 Å². The first-order valence-electron chi connectivity index (χ1n) is 7.04. The summed E-state index contributed by atoms with van der Waals surface area (Å²) < 4.78 is 0. The van der Waals surface area contributed by atoms with E-state index in [9.17, 15) is 4.79 Å². The van der Waals surface area contributed by atoms with E-state index in [-0.39, 0.29) is 5.92 Å². The van der Waals surface area contributed by atoms with Crippen molar-refractivity contribution in [1.29, 1.82) is 0 Å². The van der Waals surface area contributed by atoms with E-state index in [4.69, 9.17) is 0 Å². The van der Waals surface area contributed by atoms with Crippen LogP contribution in [0.5, 0.6) is 0 Å². The average molecular weight is 225 g/mol. The summed E-state index contributed by atoms with van der Waals surface area (Å²) in [5, 5.41) is 0. The Labute approximate surface area is 100 Å². The highest BCUT2D eigenvalue weighted by atomic mass is 16.2. The fraction of sp³-hybridized carbons (Fsp3) is 0.929. The second kappa shape index (κ2) is 6.27. The van der Waals surface area contributed by atoms with Crippen LogP contribution in [0.15, 0.2) is 0 Å². The first-order valence-corrected chi connectivity index (χ1v) is 7.04. The zero-order valence-corrected chi connectivity index (χ0v) is 11.3. The van der Waals surface area contributed by atoms with Gasteiger partial charge in [-0.25, -0.2) is 0 Å². The number of amides is 1. The summed E-state index contributed by atoms with van der Waals surface area (Å²) in [6.45, 7) is 9.11. The lowest BCUT2D eigenvalue weighted by Crippen LogP contribution is -2.42. The molecule has 0 N–H and O–H groups in total. The van der Waals surface area contributed by atoms with Gasteiger partial charge in [-0.3, -0.25) is 4.79 Å². The first-order chi connectivity index (χ1) is 7.74. The number of rotatable bonds is 1. The van der Waals surface area contributed by atoms with Crippen molar-refractivity contribution >= 4 is 5.91 Å². The maximum absolute atomic E-state index is 12.0. The summed E-state index contributed by atoms with van der Waals surface area (Å²) in [5.41, 5.74) is 0. The SMILES string of the molecule is CC.CCN1C(=O)C(C)CCC2CCCC21. The number of nitrogens with zero attached hydrogens (tertiary/aromatic N) is 1. The Balaban J connectivity index is 0.000000606. The molecule has 2 heteroatoms. The third-order valence-electron chi connectivity index (χ3n) is 4.04. The molecular weight excluding hydrogens is 198 g/mol. The molecule has 1 heterocycles. The van der Waals surface area contributed by atoms with Gasteiger partial charge in [-0.1, -0.05) is 27.2 Å². The molecule has 1 aliphatic carbocycles. The number of likely N-dealkylation sites (tertiary alicyclic amines) is 1. The van der Waals surface area contributed by atoms with Gasteiger partial charge in [0.1, 0.15) is 0 Å². The zero-order valence-electron chi connectivity index (χ0n) is 11.3. The van der Waals surface area contributed by atoms with E-state index in [2.05, 4.69) is 18.7 Å². The fourth-order valence-electron chi connectivity index (χ4n) is 3.19. The van der Waals surface area contributed by atoms with Crippen molar-refractivity contribution in [1.82, 2.24) is 4.90 Å². The van der Waals surface area contributed by atoms with E-state index in [1.807, 2.05) is 13.8 Å². The quantitative estimate of drug-likeness (QED) is 0.669.